The third kappa shape index (κ3) is 2.00. The first kappa shape index (κ1) is 13.3. The number of benzene rings is 2. The maximum absolute atomic E-state index is 13.7. The molecule has 0 bridgehead atoms. The second-order valence-electron chi connectivity index (χ2n) is 5.23. The topological polar surface area (TPSA) is 17.8 Å². The highest BCUT2D eigenvalue weighted by Crippen LogP contribution is 2.39. The maximum atomic E-state index is 13.7. The first-order chi connectivity index (χ1) is 10.1. The third-order valence-electron chi connectivity index (χ3n) is 4.02. The van der Waals surface area contributed by atoms with Crippen molar-refractivity contribution in [2.75, 3.05) is 0 Å². The Hall–Kier alpha value is -1.39. The van der Waals surface area contributed by atoms with Crippen molar-refractivity contribution in [3.8, 4) is 0 Å². The molecule has 3 aromatic rings. The first-order valence-corrected chi connectivity index (χ1v) is 7.92. The Kier molecular flexibility index (Phi) is 3.05. The molecule has 2 aromatic carbocycles. The van der Waals surface area contributed by atoms with Crippen LogP contribution >= 0.6 is 27.5 Å². The lowest BCUT2D eigenvalue weighted by molar-refractivity contribution is 0.620. The molecule has 0 saturated heterocycles. The first-order valence-electron chi connectivity index (χ1n) is 6.75. The Morgan fingerprint density at radius 1 is 1.29 bits per heavy atom. The van der Waals surface area contributed by atoms with E-state index in [0.29, 0.717) is 9.99 Å². The number of rotatable bonds is 1. The molecule has 0 saturated carbocycles. The molecule has 1 atom stereocenters. The van der Waals surface area contributed by atoms with E-state index in [1.807, 2.05) is 24.3 Å². The van der Waals surface area contributed by atoms with Gasteiger partial charge < -0.3 is 4.57 Å². The Morgan fingerprint density at radius 2 is 2.10 bits per heavy atom. The molecule has 0 N–H and O–H groups in total. The van der Waals surface area contributed by atoms with Crippen molar-refractivity contribution in [2.45, 2.75) is 18.9 Å². The van der Waals surface area contributed by atoms with Crippen molar-refractivity contribution < 1.29 is 4.39 Å². The largest absolute Gasteiger partial charge is 0.320 e. The summed E-state index contributed by atoms with van der Waals surface area (Å²) in [5.41, 5.74) is 2.74. The molecular weight excluding hydrogens is 355 g/mol. The van der Waals surface area contributed by atoms with Gasteiger partial charge in [-0.2, -0.15) is 0 Å². The Morgan fingerprint density at radius 3 is 2.90 bits per heavy atom. The normalized spacial score (nSPS) is 17.4. The average molecular weight is 366 g/mol. The maximum Gasteiger partial charge on any atom is 0.139 e. The van der Waals surface area contributed by atoms with Gasteiger partial charge in [0.25, 0.3) is 0 Å². The van der Waals surface area contributed by atoms with Crippen molar-refractivity contribution in [1.82, 2.24) is 9.55 Å². The van der Waals surface area contributed by atoms with E-state index in [2.05, 4.69) is 25.5 Å². The van der Waals surface area contributed by atoms with Gasteiger partial charge in [0.05, 0.1) is 21.5 Å². The van der Waals surface area contributed by atoms with Gasteiger partial charge in [-0.3, -0.25) is 0 Å². The fraction of sp³-hybridized carbons (Fsp3) is 0.188. The molecule has 106 valence electrons. The summed E-state index contributed by atoms with van der Waals surface area (Å²) < 4.78 is 16.3. The molecule has 1 aliphatic heterocycles. The van der Waals surface area contributed by atoms with Gasteiger partial charge in [0.1, 0.15) is 11.6 Å². The predicted molar refractivity (Wildman–Crippen MR) is 85.3 cm³/mol. The van der Waals surface area contributed by atoms with Gasteiger partial charge in [0.2, 0.25) is 0 Å². The highest BCUT2D eigenvalue weighted by Gasteiger charge is 2.28. The van der Waals surface area contributed by atoms with E-state index in [4.69, 9.17) is 11.6 Å². The van der Waals surface area contributed by atoms with E-state index in [0.717, 1.165) is 34.8 Å². The Labute approximate surface area is 134 Å². The molecule has 0 unspecified atom stereocenters. The molecule has 0 radical (unpaired) electrons. The second kappa shape index (κ2) is 4.82. The van der Waals surface area contributed by atoms with E-state index in [-0.39, 0.29) is 11.9 Å². The number of nitrogens with zero attached hydrogens (tertiary/aromatic N) is 2. The summed E-state index contributed by atoms with van der Waals surface area (Å²) in [6.07, 6.45) is 1.85. The van der Waals surface area contributed by atoms with Gasteiger partial charge in [-0.1, -0.05) is 29.8 Å². The van der Waals surface area contributed by atoms with Crippen LogP contribution in [0, 0.1) is 5.82 Å². The minimum atomic E-state index is -0.284. The molecule has 0 aliphatic carbocycles. The van der Waals surface area contributed by atoms with Crippen molar-refractivity contribution in [1.29, 1.82) is 0 Å². The number of fused-ring (bicyclic) bond motifs is 3. The van der Waals surface area contributed by atoms with Gasteiger partial charge in [-0.15, -0.1) is 0 Å². The lowest BCUT2D eigenvalue weighted by Crippen LogP contribution is -2.06. The minimum absolute atomic E-state index is 0.163. The van der Waals surface area contributed by atoms with Crippen LogP contribution < -0.4 is 0 Å². The molecule has 0 fully saturated rings. The van der Waals surface area contributed by atoms with Gasteiger partial charge in [0.15, 0.2) is 0 Å². The molecular formula is C16H11BrClFN2. The molecule has 2 nitrogen and oxygen atoms in total. The molecule has 5 heteroatoms. The number of aryl methyl sites for hydroxylation is 1. The van der Waals surface area contributed by atoms with E-state index in [9.17, 15) is 4.39 Å². The quantitative estimate of drug-likeness (QED) is 0.585. The van der Waals surface area contributed by atoms with Crippen molar-refractivity contribution in [3.63, 3.8) is 0 Å². The molecule has 2 heterocycles. The highest BCUT2D eigenvalue weighted by atomic mass is 79.9. The summed E-state index contributed by atoms with van der Waals surface area (Å²) >= 11 is 9.60. The zero-order valence-electron chi connectivity index (χ0n) is 11.0. The van der Waals surface area contributed by atoms with Crippen molar-refractivity contribution in [2.24, 2.45) is 0 Å². The molecule has 4 rings (SSSR count). The summed E-state index contributed by atoms with van der Waals surface area (Å²) in [6, 6.07) is 11.3. The highest BCUT2D eigenvalue weighted by molar-refractivity contribution is 9.10. The monoisotopic (exact) mass is 364 g/mol. The lowest BCUT2D eigenvalue weighted by Gasteiger charge is -2.16. The fourth-order valence-corrected chi connectivity index (χ4v) is 3.69. The van der Waals surface area contributed by atoms with Crippen molar-refractivity contribution in [3.05, 3.63) is 63.1 Å². The van der Waals surface area contributed by atoms with E-state index >= 15 is 0 Å². The summed E-state index contributed by atoms with van der Waals surface area (Å²) in [7, 11) is 0. The number of halogens is 3. The lowest BCUT2D eigenvalue weighted by atomic mass is 10.0. The van der Waals surface area contributed by atoms with Gasteiger partial charge in [-0.05, 0) is 40.0 Å². The SMILES string of the molecule is Fc1cc2nc3n(c2cc1Br)[C@@H](c1ccccc1Cl)CC3. The predicted octanol–water partition coefficient (Wildman–Crippen LogP) is 5.13. The Bertz CT molecular complexity index is 859. The number of imidazole rings is 1. The number of hydrogen-bond donors (Lipinski definition) is 0. The van der Waals surface area contributed by atoms with E-state index in [1.54, 1.807) is 6.07 Å². The summed E-state index contributed by atoms with van der Waals surface area (Å²) in [5, 5.41) is 0.762. The number of aromatic nitrogens is 2. The number of hydrogen-bond acceptors (Lipinski definition) is 1. The van der Waals surface area contributed by atoms with Crippen LogP contribution in [0.5, 0.6) is 0 Å². The summed E-state index contributed by atoms with van der Waals surface area (Å²) in [4.78, 5) is 4.56. The van der Waals surface area contributed by atoms with Crippen LogP contribution in [-0.4, -0.2) is 9.55 Å². The molecule has 1 aromatic heterocycles. The van der Waals surface area contributed by atoms with Gasteiger partial charge >= 0.3 is 0 Å². The van der Waals surface area contributed by atoms with Crippen LogP contribution in [0.4, 0.5) is 4.39 Å². The van der Waals surface area contributed by atoms with Crippen LogP contribution in [0.15, 0.2) is 40.9 Å². The van der Waals surface area contributed by atoms with Crippen LogP contribution in [0.2, 0.25) is 5.02 Å². The average Bonchev–Trinajstić information content (AvgIpc) is 3.00. The molecule has 0 spiro atoms. The van der Waals surface area contributed by atoms with Gasteiger partial charge in [-0.25, -0.2) is 9.37 Å². The van der Waals surface area contributed by atoms with Crippen LogP contribution in [0.3, 0.4) is 0 Å². The zero-order valence-corrected chi connectivity index (χ0v) is 13.3. The molecule has 0 amide bonds. The third-order valence-corrected chi connectivity index (χ3v) is 4.97. The van der Waals surface area contributed by atoms with Gasteiger partial charge in [0, 0.05) is 17.5 Å². The van der Waals surface area contributed by atoms with E-state index < -0.39 is 0 Å². The molecule has 21 heavy (non-hydrogen) atoms. The Balaban J connectivity index is 1.95. The van der Waals surface area contributed by atoms with Crippen molar-refractivity contribution >= 4 is 38.6 Å². The standard InChI is InChI=1S/C16H11BrClFN2/c17-10-7-15-13(8-12(10)19)20-16-6-5-14(21(15)16)9-3-1-2-4-11(9)18/h1-4,7-8,14H,5-6H2/t14-/m1/s1. The minimum Gasteiger partial charge on any atom is -0.320 e. The molecule has 1 aliphatic rings. The van der Waals surface area contributed by atoms with Crippen LogP contribution in [0.1, 0.15) is 23.9 Å². The smallest absolute Gasteiger partial charge is 0.139 e. The summed E-state index contributed by atoms with van der Waals surface area (Å²) in [6.45, 7) is 0. The van der Waals surface area contributed by atoms with E-state index in [1.165, 1.54) is 6.07 Å². The second-order valence-corrected chi connectivity index (χ2v) is 6.49. The van der Waals surface area contributed by atoms with Crippen LogP contribution in [0.25, 0.3) is 11.0 Å². The zero-order chi connectivity index (χ0) is 14.6. The van der Waals surface area contributed by atoms with Crippen LogP contribution in [-0.2, 0) is 6.42 Å². The fourth-order valence-electron chi connectivity index (χ4n) is 3.10. The summed E-state index contributed by atoms with van der Waals surface area (Å²) in [5.74, 6) is 0.709.